The molecule has 43 heavy (non-hydrogen) atoms. The largest absolute Gasteiger partial charge is 0.497 e. The number of nitrogens with zero attached hydrogens (tertiary/aromatic N) is 5. The van der Waals surface area contributed by atoms with Gasteiger partial charge in [-0.15, -0.1) is 0 Å². The number of carbonyl (C=O) groups is 1. The number of benzene rings is 3. The van der Waals surface area contributed by atoms with Gasteiger partial charge in [0, 0.05) is 62.2 Å². The highest BCUT2D eigenvalue weighted by Crippen LogP contribution is 2.31. The Kier molecular flexibility index (Phi) is 7.65. The molecule has 9 heteroatoms. The smallest absolute Gasteiger partial charge is 0.270 e. The second-order valence-electron chi connectivity index (χ2n) is 11.0. The van der Waals surface area contributed by atoms with E-state index in [0.29, 0.717) is 38.3 Å². The van der Waals surface area contributed by atoms with E-state index in [9.17, 15) is 14.9 Å². The van der Waals surface area contributed by atoms with Crippen LogP contribution in [-0.2, 0) is 6.54 Å². The van der Waals surface area contributed by atoms with Crippen molar-refractivity contribution in [2.45, 2.75) is 20.4 Å². The monoisotopic (exact) mass is 575 g/mol. The van der Waals surface area contributed by atoms with Gasteiger partial charge in [0.25, 0.3) is 11.6 Å². The fourth-order valence-electron chi connectivity index (χ4n) is 5.69. The van der Waals surface area contributed by atoms with Crippen molar-refractivity contribution in [1.29, 1.82) is 0 Å². The third-order valence-corrected chi connectivity index (χ3v) is 8.12. The normalized spacial score (nSPS) is 13.8. The molecule has 0 aliphatic carbocycles. The van der Waals surface area contributed by atoms with Crippen LogP contribution in [0.4, 0.5) is 5.69 Å². The number of carbonyl (C=O) groups excluding carboxylic acids is 1. The Balaban J connectivity index is 1.30. The first-order chi connectivity index (χ1) is 20.8. The van der Waals surface area contributed by atoms with Gasteiger partial charge in [0.1, 0.15) is 11.4 Å². The Morgan fingerprint density at radius 1 is 0.930 bits per heavy atom. The zero-order chi connectivity index (χ0) is 30.1. The minimum absolute atomic E-state index is 0.0802. The zero-order valence-corrected chi connectivity index (χ0v) is 24.5. The van der Waals surface area contributed by atoms with E-state index in [2.05, 4.69) is 59.7 Å². The SMILES string of the molecule is COc1ccc(-c2nc3ccc(-c4cc(C)ccc4C)cn3c2CN2CCN(C(=O)c3cccc([N+](=O)[O-])c3)CC2)cc1. The number of imidazole rings is 1. The fourth-order valence-corrected chi connectivity index (χ4v) is 5.69. The molecule has 5 aromatic rings. The number of hydrogen-bond donors (Lipinski definition) is 0. The molecule has 0 atom stereocenters. The van der Waals surface area contributed by atoms with E-state index < -0.39 is 4.92 Å². The van der Waals surface area contributed by atoms with Crippen LogP contribution in [0.1, 0.15) is 27.2 Å². The molecule has 1 amide bonds. The summed E-state index contributed by atoms with van der Waals surface area (Å²) in [5.74, 6) is 0.603. The molecule has 1 saturated heterocycles. The average Bonchev–Trinajstić information content (AvgIpc) is 3.39. The van der Waals surface area contributed by atoms with Crippen LogP contribution in [0.5, 0.6) is 5.75 Å². The lowest BCUT2D eigenvalue weighted by atomic mass is 10.00. The molecule has 0 bridgehead atoms. The average molecular weight is 576 g/mol. The van der Waals surface area contributed by atoms with Crippen LogP contribution in [0.2, 0.25) is 0 Å². The molecule has 0 radical (unpaired) electrons. The van der Waals surface area contributed by atoms with E-state index in [1.807, 2.05) is 24.3 Å². The molecule has 3 heterocycles. The number of methoxy groups -OCH3 is 1. The van der Waals surface area contributed by atoms with Crippen molar-refractivity contribution in [3.05, 3.63) is 118 Å². The second kappa shape index (κ2) is 11.7. The number of ether oxygens (including phenoxy) is 1. The Bertz CT molecular complexity index is 1820. The van der Waals surface area contributed by atoms with Gasteiger partial charge in [-0.2, -0.15) is 0 Å². The van der Waals surface area contributed by atoms with Gasteiger partial charge in [-0.25, -0.2) is 4.98 Å². The van der Waals surface area contributed by atoms with Gasteiger partial charge in [0.2, 0.25) is 0 Å². The summed E-state index contributed by atoms with van der Waals surface area (Å²) in [6, 6.07) is 24.6. The van der Waals surface area contributed by atoms with Crippen LogP contribution in [-0.4, -0.2) is 63.3 Å². The summed E-state index contributed by atoms with van der Waals surface area (Å²) in [4.78, 5) is 33.0. The fraction of sp³-hybridized carbons (Fsp3) is 0.235. The van der Waals surface area contributed by atoms with Crippen LogP contribution in [0.15, 0.2) is 85.1 Å². The summed E-state index contributed by atoms with van der Waals surface area (Å²) < 4.78 is 7.57. The topological polar surface area (TPSA) is 93.2 Å². The van der Waals surface area contributed by atoms with Crippen molar-refractivity contribution < 1.29 is 14.5 Å². The number of fused-ring (bicyclic) bond motifs is 1. The number of rotatable bonds is 7. The molecule has 0 N–H and O–H groups in total. The Labute approximate surface area is 250 Å². The van der Waals surface area contributed by atoms with E-state index >= 15 is 0 Å². The lowest BCUT2D eigenvalue weighted by Gasteiger charge is -2.34. The van der Waals surface area contributed by atoms with Crippen molar-refractivity contribution in [2.24, 2.45) is 0 Å². The number of aryl methyl sites for hydroxylation is 2. The number of piperazine rings is 1. The summed E-state index contributed by atoms with van der Waals surface area (Å²) in [7, 11) is 1.66. The van der Waals surface area contributed by atoms with Gasteiger partial charge < -0.3 is 14.0 Å². The van der Waals surface area contributed by atoms with E-state index in [4.69, 9.17) is 9.72 Å². The van der Waals surface area contributed by atoms with Gasteiger partial charge in [-0.3, -0.25) is 19.8 Å². The Morgan fingerprint density at radius 3 is 2.40 bits per heavy atom. The molecule has 0 saturated carbocycles. The van der Waals surface area contributed by atoms with Crippen molar-refractivity contribution >= 4 is 17.2 Å². The molecule has 2 aromatic heterocycles. The zero-order valence-electron chi connectivity index (χ0n) is 24.5. The molecular formula is C34H33N5O4. The lowest BCUT2D eigenvalue weighted by Crippen LogP contribution is -2.48. The predicted molar refractivity (Wildman–Crippen MR) is 166 cm³/mol. The number of aromatic nitrogens is 2. The summed E-state index contributed by atoms with van der Waals surface area (Å²) in [5, 5.41) is 11.2. The third kappa shape index (κ3) is 5.72. The van der Waals surface area contributed by atoms with Crippen molar-refractivity contribution in [2.75, 3.05) is 33.3 Å². The quantitative estimate of drug-likeness (QED) is 0.170. The number of amides is 1. The Hall–Kier alpha value is -5.02. The van der Waals surface area contributed by atoms with Crippen LogP contribution in [0, 0.1) is 24.0 Å². The van der Waals surface area contributed by atoms with Crippen molar-refractivity contribution in [3.63, 3.8) is 0 Å². The molecule has 1 fully saturated rings. The van der Waals surface area contributed by atoms with E-state index in [-0.39, 0.29) is 11.6 Å². The highest BCUT2D eigenvalue weighted by atomic mass is 16.6. The maximum absolute atomic E-state index is 13.1. The molecule has 0 spiro atoms. The molecule has 1 aliphatic heterocycles. The van der Waals surface area contributed by atoms with Crippen LogP contribution < -0.4 is 4.74 Å². The van der Waals surface area contributed by atoms with E-state index in [1.54, 1.807) is 24.1 Å². The molecule has 1 aliphatic rings. The maximum atomic E-state index is 13.1. The number of non-ortho nitro benzene ring substituents is 1. The van der Waals surface area contributed by atoms with Crippen LogP contribution >= 0.6 is 0 Å². The number of nitro groups is 1. The minimum atomic E-state index is -0.476. The molecule has 0 unspecified atom stereocenters. The van der Waals surface area contributed by atoms with Crippen LogP contribution in [0.25, 0.3) is 28.0 Å². The van der Waals surface area contributed by atoms with Crippen molar-refractivity contribution in [1.82, 2.24) is 19.2 Å². The highest BCUT2D eigenvalue weighted by molar-refractivity contribution is 5.95. The Morgan fingerprint density at radius 2 is 1.67 bits per heavy atom. The van der Waals surface area contributed by atoms with Gasteiger partial charge in [0.15, 0.2) is 0 Å². The highest BCUT2D eigenvalue weighted by Gasteiger charge is 2.25. The molecule has 3 aromatic carbocycles. The molecule has 218 valence electrons. The molecular weight excluding hydrogens is 542 g/mol. The number of nitro benzene ring substituents is 1. The third-order valence-electron chi connectivity index (χ3n) is 8.12. The summed E-state index contributed by atoms with van der Waals surface area (Å²) in [5.41, 5.74) is 8.87. The van der Waals surface area contributed by atoms with E-state index in [0.717, 1.165) is 33.9 Å². The first kappa shape index (κ1) is 28.1. The number of pyridine rings is 1. The lowest BCUT2D eigenvalue weighted by molar-refractivity contribution is -0.384. The number of hydrogen-bond acceptors (Lipinski definition) is 6. The van der Waals surface area contributed by atoms with Gasteiger partial charge in [0.05, 0.1) is 23.4 Å². The first-order valence-corrected chi connectivity index (χ1v) is 14.3. The van der Waals surface area contributed by atoms with Gasteiger partial charge >= 0.3 is 0 Å². The van der Waals surface area contributed by atoms with E-state index in [1.165, 1.54) is 28.8 Å². The molecule has 9 nitrogen and oxygen atoms in total. The van der Waals surface area contributed by atoms with Gasteiger partial charge in [-0.1, -0.05) is 29.8 Å². The van der Waals surface area contributed by atoms with Crippen LogP contribution in [0.3, 0.4) is 0 Å². The summed E-state index contributed by atoms with van der Waals surface area (Å²) >= 11 is 0. The molecule has 6 rings (SSSR count). The minimum Gasteiger partial charge on any atom is -0.497 e. The second-order valence-corrected chi connectivity index (χ2v) is 11.0. The standard InChI is InChI=1S/C34H33N5O4/c1-23-7-8-24(2)30(19-23)27-11-14-32-35-33(25-9-12-29(43-3)13-10-25)31(38(32)21-27)22-36-15-17-37(18-16-36)34(40)26-5-4-6-28(20-26)39(41)42/h4-14,19-21H,15-18,22H2,1-3H3. The maximum Gasteiger partial charge on any atom is 0.270 e. The first-order valence-electron chi connectivity index (χ1n) is 14.3. The summed E-state index contributed by atoms with van der Waals surface area (Å²) in [6.07, 6.45) is 2.18. The summed E-state index contributed by atoms with van der Waals surface area (Å²) in [6.45, 7) is 7.30. The van der Waals surface area contributed by atoms with Gasteiger partial charge in [-0.05, 0) is 73.0 Å². The van der Waals surface area contributed by atoms with Crippen molar-refractivity contribution in [3.8, 4) is 28.1 Å². The predicted octanol–water partition coefficient (Wildman–Crippen LogP) is 6.16.